The number of aromatic hydroxyl groups is 1. The molecule has 2 aliphatic heterocycles. The number of amides is 2. The van der Waals surface area contributed by atoms with Crippen LogP contribution >= 0.6 is 11.8 Å². The molecule has 0 saturated carbocycles. The number of thioether (sulfide) groups is 1. The number of hydrogen-bond donors (Lipinski definition) is 4. The molecule has 1 fully saturated rings. The van der Waals surface area contributed by atoms with Crippen LogP contribution in [-0.2, 0) is 14.4 Å². The third-order valence-corrected chi connectivity index (χ3v) is 5.85. The Morgan fingerprint density at radius 3 is 2.62 bits per heavy atom. The first-order chi connectivity index (χ1) is 12.3. The van der Waals surface area contributed by atoms with Crippen LogP contribution in [0, 0.1) is 0 Å². The fourth-order valence-corrected chi connectivity index (χ4v) is 4.48. The summed E-state index contributed by atoms with van der Waals surface area (Å²) in [6.07, 6.45) is 0.549. The number of rotatable bonds is 5. The number of carbonyl (C=O) groups excluding carboxylic acids is 2. The molecule has 1 aromatic carbocycles. The van der Waals surface area contributed by atoms with Crippen molar-refractivity contribution in [3.8, 4) is 5.75 Å². The molecule has 0 radical (unpaired) electrons. The number of aliphatic carboxylic acids is 1. The fourth-order valence-electron chi connectivity index (χ4n) is 3.03. The highest BCUT2D eigenvalue weighted by Gasteiger charge is 2.54. The topological polar surface area (TPSA) is 133 Å². The normalized spacial score (nSPS) is 23.2. The van der Waals surface area contributed by atoms with Gasteiger partial charge in [-0.15, -0.1) is 11.8 Å². The van der Waals surface area contributed by atoms with E-state index in [2.05, 4.69) is 5.32 Å². The Morgan fingerprint density at radius 2 is 2.04 bits per heavy atom. The van der Waals surface area contributed by atoms with E-state index >= 15 is 0 Å². The van der Waals surface area contributed by atoms with Gasteiger partial charge in [0, 0.05) is 5.75 Å². The maximum atomic E-state index is 12.4. The first kappa shape index (κ1) is 18.3. The number of nitrogens with zero attached hydrogens (tertiary/aromatic N) is 1. The monoisotopic (exact) mass is 377 g/mol. The largest absolute Gasteiger partial charge is 0.508 e. The number of carboxylic acid groups (broad SMARTS) is 1. The van der Waals surface area contributed by atoms with E-state index in [-0.39, 0.29) is 11.4 Å². The predicted molar refractivity (Wildman–Crippen MR) is 95.0 cm³/mol. The van der Waals surface area contributed by atoms with E-state index in [1.54, 1.807) is 0 Å². The van der Waals surface area contributed by atoms with E-state index in [1.807, 2.05) is 6.92 Å². The van der Waals surface area contributed by atoms with E-state index in [0.29, 0.717) is 23.3 Å². The average molecular weight is 377 g/mol. The average Bonchev–Trinajstić information content (AvgIpc) is 2.64. The van der Waals surface area contributed by atoms with Gasteiger partial charge in [-0.05, 0) is 29.7 Å². The molecule has 2 amide bonds. The summed E-state index contributed by atoms with van der Waals surface area (Å²) in [4.78, 5) is 37.6. The number of hydrogen-bond acceptors (Lipinski definition) is 6. The molecule has 3 atom stereocenters. The van der Waals surface area contributed by atoms with Gasteiger partial charge in [-0.25, -0.2) is 4.79 Å². The van der Waals surface area contributed by atoms with Gasteiger partial charge >= 0.3 is 5.97 Å². The molecule has 0 spiro atoms. The molecule has 138 valence electrons. The minimum absolute atomic E-state index is 0.0228. The summed E-state index contributed by atoms with van der Waals surface area (Å²) in [6, 6.07) is 4.11. The first-order valence-electron chi connectivity index (χ1n) is 8.10. The van der Waals surface area contributed by atoms with Crippen LogP contribution in [0.3, 0.4) is 0 Å². The number of nitrogens with two attached hydrogens (primary N) is 1. The third-order valence-electron chi connectivity index (χ3n) is 4.51. The molecule has 0 aromatic heterocycles. The molecular formula is C17H19N3O5S. The van der Waals surface area contributed by atoms with Crippen LogP contribution in [0.5, 0.6) is 5.75 Å². The Hall–Kier alpha value is -2.52. The second-order valence-corrected chi connectivity index (χ2v) is 7.18. The van der Waals surface area contributed by atoms with E-state index < -0.39 is 35.2 Å². The zero-order valence-corrected chi connectivity index (χ0v) is 14.8. The molecule has 1 saturated heterocycles. The minimum Gasteiger partial charge on any atom is -0.508 e. The Morgan fingerprint density at radius 1 is 1.38 bits per heavy atom. The highest BCUT2D eigenvalue weighted by Crippen LogP contribution is 2.41. The lowest BCUT2D eigenvalue weighted by molar-refractivity contribution is -0.150. The quantitative estimate of drug-likeness (QED) is 0.550. The number of nitrogens with one attached hydrogen (secondary N) is 1. The lowest BCUT2D eigenvalue weighted by Crippen LogP contribution is -2.71. The van der Waals surface area contributed by atoms with Gasteiger partial charge < -0.3 is 21.3 Å². The fraction of sp³-hybridized carbons (Fsp3) is 0.353. The van der Waals surface area contributed by atoms with Crippen molar-refractivity contribution in [3.63, 3.8) is 0 Å². The van der Waals surface area contributed by atoms with Crippen LogP contribution in [0.25, 0.3) is 0 Å². The minimum atomic E-state index is -1.13. The lowest BCUT2D eigenvalue weighted by Gasteiger charge is -2.49. The number of carbonyl (C=O) groups is 3. The number of fused-ring (bicyclic) bond motifs is 1. The summed E-state index contributed by atoms with van der Waals surface area (Å²) in [6.45, 7) is 1.85. The van der Waals surface area contributed by atoms with E-state index in [0.717, 1.165) is 0 Å². The van der Waals surface area contributed by atoms with Crippen molar-refractivity contribution in [1.82, 2.24) is 10.2 Å². The Balaban J connectivity index is 1.72. The van der Waals surface area contributed by atoms with Crippen LogP contribution in [0.2, 0.25) is 0 Å². The number of carboxylic acids is 1. The number of phenols is 1. The Kier molecular flexibility index (Phi) is 4.92. The third kappa shape index (κ3) is 3.04. The van der Waals surface area contributed by atoms with Gasteiger partial charge in [-0.2, -0.15) is 0 Å². The number of benzene rings is 1. The van der Waals surface area contributed by atoms with Crippen LogP contribution in [0.15, 0.2) is 35.5 Å². The van der Waals surface area contributed by atoms with Gasteiger partial charge in [0.1, 0.15) is 28.9 Å². The maximum absolute atomic E-state index is 12.4. The standard InChI is InChI=1S/C17H19N3O5S/c1-2-8-7-26-16-12(15(23)20(16)13(8)17(24)25)19-14(22)11(18)9-3-5-10(21)6-4-9/h3-6,11-12,16,21H,2,7,18H2,1H3,(H,19,22)(H,24,25)/t11-,12-,16-/m1/s1. The molecule has 1 aromatic rings. The van der Waals surface area contributed by atoms with Gasteiger partial charge in [0.25, 0.3) is 5.91 Å². The molecule has 5 N–H and O–H groups in total. The van der Waals surface area contributed by atoms with Gasteiger partial charge in [0.05, 0.1) is 0 Å². The highest BCUT2D eigenvalue weighted by molar-refractivity contribution is 8.00. The second kappa shape index (κ2) is 7.00. The summed E-state index contributed by atoms with van der Waals surface area (Å²) < 4.78 is 0. The zero-order valence-electron chi connectivity index (χ0n) is 14.0. The smallest absolute Gasteiger partial charge is 0.352 e. The molecule has 8 nitrogen and oxygen atoms in total. The molecule has 3 rings (SSSR count). The van der Waals surface area contributed by atoms with Gasteiger partial charge in [-0.3, -0.25) is 14.5 Å². The van der Waals surface area contributed by atoms with Gasteiger partial charge in [-0.1, -0.05) is 19.1 Å². The number of β-lactam (4-membered cyclic amide) rings is 1. The van der Waals surface area contributed by atoms with Crippen LogP contribution in [0.1, 0.15) is 24.9 Å². The second-order valence-electron chi connectivity index (χ2n) is 6.08. The molecule has 2 aliphatic rings. The SMILES string of the molecule is CCC1=C(C(=O)O)N2C(=O)[C@@H](NC(=O)[C@H](N)c3ccc(O)cc3)[C@H]2SC1. The van der Waals surface area contributed by atoms with Crippen LogP contribution < -0.4 is 11.1 Å². The van der Waals surface area contributed by atoms with Crippen molar-refractivity contribution in [2.45, 2.75) is 30.8 Å². The van der Waals surface area contributed by atoms with Gasteiger partial charge in [0.15, 0.2) is 0 Å². The maximum Gasteiger partial charge on any atom is 0.352 e. The summed E-state index contributed by atoms with van der Waals surface area (Å²) in [5, 5.41) is 20.9. The van der Waals surface area contributed by atoms with Crippen molar-refractivity contribution in [3.05, 3.63) is 41.1 Å². The predicted octanol–water partition coefficient (Wildman–Crippen LogP) is 0.541. The van der Waals surface area contributed by atoms with Crippen molar-refractivity contribution >= 4 is 29.5 Å². The zero-order chi connectivity index (χ0) is 19.0. The molecule has 2 heterocycles. The summed E-state index contributed by atoms with van der Waals surface area (Å²) in [5.41, 5.74) is 7.15. The highest BCUT2D eigenvalue weighted by atomic mass is 32.2. The molecule has 0 unspecified atom stereocenters. The summed E-state index contributed by atoms with van der Waals surface area (Å²) >= 11 is 1.43. The molecule has 26 heavy (non-hydrogen) atoms. The molecule has 0 aliphatic carbocycles. The molecular weight excluding hydrogens is 358 g/mol. The van der Waals surface area contributed by atoms with E-state index in [9.17, 15) is 24.6 Å². The lowest BCUT2D eigenvalue weighted by atomic mass is 10.0. The summed E-state index contributed by atoms with van der Waals surface area (Å²) in [7, 11) is 0. The first-order valence-corrected chi connectivity index (χ1v) is 9.15. The van der Waals surface area contributed by atoms with Crippen LogP contribution in [-0.4, -0.2) is 50.1 Å². The van der Waals surface area contributed by atoms with Gasteiger partial charge in [0.2, 0.25) is 5.91 Å². The molecule has 0 bridgehead atoms. The van der Waals surface area contributed by atoms with E-state index in [1.165, 1.54) is 40.9 Å². The van der Waals surface area contributed by atoms with Crippen LogP contribution in [0.4, 0.5) is 0 Å². The molecule has 9 heteroatoms. The van der Waals surface area contributed by atoms with Crippen molar-refractivity contribution in [2.75, 3.05) is 5.75 Å². The Labute approximate surface area is 154 Å². The van der Waals surface area contributed by atoms with E-state index in [4.69, 9.17) is 5.73 Å². The van der Waals surface area contributed by atoms with Crippen molar-refractivity contribution in [1.29, 1.82) is 0 Å². The van der Waals surface area contributed by atoms with Crippen molar-refractivity contribution in [2.24, 2.45) is 5.73 Å². The van der Waals surface area contributed by atoms with Crippen molar-refractivity contribution < 1.29 is 24.6 Å². The summed E-state index contributed by atoms with van der Waals surface area (Å²) in [5.74, 6) is -1.55. The Bertz CT molecular complexity index is 792. The number of phenolic OH excluding ortho intramolecular Hbond substituents is 1.